The Morgan fingerprint density at radius 3 is 1.36 bits per heavy atom. The fourth-order valence-corrected chi connectivity index (χ4v) is 7.34. The van der Waals surface area contributed by atoms with Gasteiger partial charge in [0.2, 0.25) is 5.78 Å². The summed E-state index contributed by atoms with van der Waals surface area (Å²) in [7, 11) is 0. The molecule has 4 N–H and O–H groups in total. The van der Waals surface area contributed by atoms with Gasteiger partial charge in [0.25, 0.3) is 5.91 Å². The Morgan fingerprint density at radius 1 is 0.569 bits per heavy atom. The van der Waals surface area contributed by atoms with E-state index < -0.39 is 28.9 Å². The van der Waals surface area contributed by atoms with Gasteiger partial charge in [-0.25, -0.2) is 9.48 Å². The first kappa shape index (κ1) is 39.0. The number of Topliss-reactive ketones (excluding diaryl/α,β-unsaturated/α-hetero) is 1. The van der Waals surface area contributed by atoms with E-state index in [9.17, 15) is 14.4 Å². The highest BCUT2D eigenvalue weighted by Gasteiger charge is 2.40. The van der Waals surface area contributed by atoms with Crippen molar-refractivity contribution < 1.29 is 23.9 Å². The first-order valence-electron chi connectivity index (χ1n) is 19.0. The molecule has 1 aromatic heterocycles. The number of primary amides is 1. The molecule has 2 amide bonds. The molecule has 6 aromatic carbocycles. The number of ketones is 1. The molecule has 0 saturated heterocycles. The van der Waals surface area contributed by atoms with Crippen LogP contribution in [0.2, 0.25) is 0 Å². The number of hydrogen-bond acceptors (Lipinski definition) is 7. The molecule has 0 bridgehead atoms. The first-order chi connectivity index (χ1) is 28.4. The number of carbonyl (C=O) groups is 3. The zero-order chi connectivity index (χ0) is 40.2. The molecule has 7 aromatic rings. The predicted molar refractivity (Wildman–Crippen MR) is 224 cm³/mol. The second kappa shape index (κ2) is 18.1. The number of hydrogen-bond donors (Lipinski definition) is 3. The average molecular weight is 770 g/mol. The topological polar surface area (TPSA) is 138 Å². The van der Waals surface area contributed by atoms with E-state index in [0.717, 1.165) is 33.4 Å². The Hall–Kier alpha value is -7.30. The number of nitrogens with two attached hydrogens (primary N) is 1. The highest BCUT2D eigenvalue weighted by molar-refractivity contribution is 6.40. The van der Waals surface area contributed by atoms with Gasteiger partial charge in [-0.15, -0.1) is 0 Å². The molecule has 10 heteroatoms. The second-order valence-corrected chi connectivity index (χ2v) is 13.5. The molecule has 0 saturated carbocycles. The van der Waals surface area contributed by atoms with Crippen molar-refractivity contribution in [1.29, 1.82) is 0 Å². The van der Waals surface area contributed by atoms with Crippen LogP contribution in [0, 0.1) is 0 Å². The van der Waals surface area contributed by atoms with Gasteiger partial charge in [-0.2, -0.15) is 5.10 Å². The Morgan fingerprint density at radius 2 is 0.966 bits per heavy atom. The summed E-state index contributed by atoms with van der Waals surface area (Å²) in [5, 5.41) is 11.4. The largest absolute Gasteiger partial charge is 0.449 e. The second-order valence-electron chi connectivity index (χ2n) is 13.5. The number of benzene rings is 6. The Balaban J connectivity index is 1.33. The van der Waals surface area contributed by atoms with Crippen LogP contribution in [0.1, 0.15) is 39.8 Å². The van der Waals surface area contributed by atoms with Gasteiger partial charge in [-0.3, -0.25) is 9.59 Å². The van der Waals surface area contributed by atoms with Crippen LogP contribution < -0.4 is 16.4 Å². The highest BCUT2D eigenvalue weighted by atomic mass is 16.5. The van der Waals surface area contributed by atoms with Crippen LogP contribution in [0.5, 0.6) is 0 Å². The molecule has 0 atom stereocenters. The number of amides is 2. The minimum Gasteiger partial charge on any atom is -0.449 e. The van der Waals surface area contributed by atoms with Gasteiger partial charge in [0, 0.05) is 0 Å². The molecule has 10 nitrogen and oxygen atoms in total. The maximum Gasteiger partial charge on any atom is 0.404 e. The van der Waals surface area contributed by atoms with Crippen LogP contribution in [-0.2, 0) is 36.7 Å². The Kier molecular flexibility index (Phi) is 12.2. The molecule has 0 fully saturated rings. The van der Waals surface area contributed by atoms with Crippen LogP contribution >= 0.6 is 0 Å². The van der Waals surface area contributed by atoms with Gasteiger partial charge >= 0.3 is 6.09 Å². The number of nitrogens with zero attached hydrogens (tertiary/aromatic N) is 2. The van der Waals surface area contributed by atoms with Crippen LogP contribution in [0.25, 0.3) is 0 Å². The number of rotatable bonds is 17. The fourth-order valence-electron chi connectivity index (χ4n) is 7.34. The van der Waals surface area contributed by atoms with E-state index in [1.54, 1.807) is 4.68 Å². The Bertz CT molecular complexity index is 2220. The third-order valence-electron chi connectivity index (χ3n) is 10.0. The average Bonchev–Trinajstić information content (AvgIpc) is 3.65. The van der Waals surface area contributed by atoms with Crippen molar-refractivity contribution in [1.82, 2.24) is 9.78 Å². The molecule has 58 heavy (non-hydrogen) atoms. The maximum atomic E-state index is 13.4. The minimum absolute atomic E-state index is 0.181. The quantitative estimate of drug-likeness (QED) is 0.0626. The van der Waals surface area contributed by atoms with Crippen molar-refractivity contribution in [2.45, 2.75) is 24.1 Å². The summed E-state index contributed by atoms with van der Waals surface area (Å²) in [6.45, 7) is 0.0938. The van der Waals surface area contributed by atoms with Gasteiger partial charge in [0.15, 0.2) is 0 Å². The van der Waals surface area contributed by atoms with Gasteiger partial charge in [0.05, 0.1) is 25.8 Å². The lowest BCUT2D eigenvalue weighted by Gasteiger charge is -2.38. The van der Waals surface area contributed by atoms with Crippen molar-refractivity contribution in [3.05, 3.63) is 222 Å². The van der Waals surface area contributed by atoms with Crippen molar-refractivity contribution >= 4 is 29.3 Å². The third-order valence-corrected chi connectivity index (χ3v) is 10.0. The lowest BCUT2D eigenvalue weighted by Crippen LogP contribution is -2.39. The monoisotopic (exact) mass is 769 g/mol. The van der Waals surface area contributed by atoms with Gasteiger partial charge < -0.3 is 25.8 Å². The van der Waals surface area contributed by atoms with E-state index in [1.807, 2.05) is 146 Å². The van der Waals surface area contributed by atoms with E-state index in [2.05, 4.69) is 47.0 Å². The molecule has 1 heterocycles. The molecular formula is C48H43N5O5. The summed E-state index contributed by atoms with van der Waals surface area (Å²) < 4.78 is 13.6. The molecule has 290 valence electrons. The molecule has 0 aliphatic carbocycles. The number of nitrogens with one attached hydrogen (secondary N) is 2. The smallest absolute Gasteiger partial charge is 0.404 e. The Labute approximate surface area is 337 Å². The van der Waals surface area contributed by atoms with E-state index >= 15 is 0 Å². The van der Waals surface area contributed by atoms with Gasteiger partial charge in [0.1, 0.15) is 29.3 Å². The molecule has 0 aliphatic rings. The SMILES string of the molecule is NC(=O)OCCC(=O)C(=O)Nc1cnn(CCOC(c2ccccc2)(c2ccccc2)c2ccccc2)c1NC(c1ccccc1)(c1ccccc1)c1ccccc1. The standard InChI is InChI=1S/C48H43N5O5/c49-46(56)57-33-31-43(54)45(55)51-42-35-50-53(32-34-58-48(39-25-13-4-14-26-39,40-27-15-5-16-28-40)41-29-17-6-18-30-41)44(42)52-47(36-19-7-1-8-20-36,37-21-9-2-10-22-37)38-23-11-3-12-24-38/h1-30,35,52H,31-34H2,(H2,49,56)(H,51,55). The fraction of sp³-hybridized carbons (Fsp3) is 0.125. The minimum atomic E-state index is -1.03. The van der Waals surface area contributed by atoms with Crippen LogP contribution in [0.4, 0.5) is 16.3 Å². The van der Waals surface area contributed by atoms with Gasteiger partial charge in [-0.1, -0.05) is 182 Å². The van der Waals surface area contributed by atoms with Crippen molar-refractivity contribution in [3.63, 3.8) is 0 Å². The van der Waals surface area contributed by atoms with E-state index in [1.165, 1.54) is 6.20 Å². The zero-order valence-corrected chi connectivity index (χ0v) is 31.7. The number of aromatic nitrogens is 2. The molecule has 0 radical (unpaired) electrons. The zero-order valence-electron chi connectivity index (χ0n) is 31.7. The third kappa shape index (κ3) is 8.28. The summed E-state index contributed by atoms with van der Waals surface area (Å²) in [6, 6.07) is 60.4. The molecule has 7 rings (SSSR count). The van der Waals surface area contributed by atoms with Gasteiger partial charge in [-0.05, 0) is 33.4 Å². The number of anilines is 2. The van der Waals surface area contributed by atoms with Crippen molar-refractivity contribution in [2.75, 3.05) is 23.8 Å². The maximum absolute atomic E-state index is 13.4. The first-order valence-corrected chi connectivity index (χ1v) is 19.0. The summed E-state index contributed by atoms with van der Waals surface area (Å²) in [5.41, 5.74) is 8.96. The van der Waals surface area contributed by atoms with Crippen LogP contribution in [0.3, 0.4) is 0 Å². The highest BCUT2D eigenvalue weighted by Crippen LogP contribution is 2.43. The summed E-state index contributed by atoms with van der Waals surface area (Å²) in [4.78, 5) is 37.5. The molecular weight excluding hydrogens is 727 g/mol. The van der Waals surface area contributed by atoms with Crippen molar-refractivity contribution in [2.24, 2.45) is 5.73 Å². The summed E-state index contributed by atoms with van der Waals surface area (Å²) in [6.07, 6.45) is 0.137. The van der Waals surface area contributed by atoms with E-state index in [0.29, 0.717) is 5.82 Å². The normalized spacial score (nSPS) is 11.4. The molecule has 0 spiro atoms. The summed E-state index contributed by atoms with van der Waals surface area (Å²) >= 11 is 0. The van der Waals surface area contributed by atoms with E-state index in [-0.39, 0.29) is 31.9 Å². The predicted octanol–water partition coefficient (Wildman–Crippen LogP) is 8.29. The number of carbonyl (C=O) groups excluding carboxylic acids is 3. The van der Waals surface area contributed by atoms with E-state index in [4.69, 9.17) is 20.3 Å². The summed E-state index contributed by atoms with van der Waals surface area (Å²) in [5.74, 6) is -1.26. The lowest BCUT2D eigenvalue weighted by atomic mass is 9.77. The molecule has 0 aliphatic heterocycles. The lowest BCUT2D eigenvalue weighted by molar-refractivity contribution is -0.135. The molecule has 0 unspecified atom stereocenters. The van der Waals surface area contributed by atoms with Crippen LogP contribution in [0.15, 0.2) is 188 Å². The number of ether oxygens (including phenoxy) is 2. The van der Waals surface area contributed by atoms with Crippen LogP contribution in [-0.4, -0.2) is 40.8 Å². The van der Waals surface area contributed by atoms with Crippen molar-refractivity contribution in [3.8, 4) is 0 Å².